The minimum Gasteiger partial charge on any atom is -0.351 e. The highest BCUT2D eigenvalue weighted by atomic mass is 32.2. The van der Waals surface area contributed by atoms with E-state index in [4.69, 9.17) is 4.55 Å². The van der Waals surface area contributed by atoms with Crippen LogP contribution in [0.4, 0.5) is 0 Å². The highest BCUT2D eigenvalue weighted by molar-refractivity contribution is 7.85. The van der Waals surface area contributed by atoms with Crippen LogP contribution in [-0.2, 0) is 14.9 Å². The van der Waals surface area contributed by atoms with Crippen LogP contribution < -0.4 is 5.32 Å². The van der Waals surface area contributed by atoms with E-state index in [1.54, 1.807) is 0 Å². The van der Waals surface area contributed by atoms with Gasteiger partial charge in [-0.25, -0.2) is 0 Å². The molecule has 0 fully saturated rings. The number of carbonyl (C=O) groups excluding carboxylic acids is 1. The van der Waals surface area contributed by atoms with E-state index in [1.807, 2.05) is 6.08 Å². The van der Waals surface area contributed by atoms with Crippen LogP contribution in [0.3, 0.4) is 0 Å². The summed E-state index contributed by atoms with van der Waals surface area (Å²) >= 11 is 0. The van der Waals surface area contributed by atoms with Crippen molar-refractivity contribution in [3.05, 3.63) is 12.2 Å². The number of amides is 1. The fraction of sp³-hybridized carbons (Fsp3) is 0.842. The first-order chi connectivity index (χ1) is 12.0. The van der Waals surface area contributed by atoms with Crippen LogP contribution in [0.15, 0.2) is 12.2 Å². The average Bonchev–Trinajstić information content (AvgIpc) is 2.54. The zero-order valence-electron chi connectivity index (χ0n) is 15.8. The lowest BCUT2D eigenvalue weighted by atomic mass is 10.0. The molecule has 0 atom stereocenters. The van der Waals surface area contributed by atoms with Crippen LogP contribution >= 0.6 is 0 Å². The molecular weight excluding hydrogens is 338 g/mol. The van der Waals surface area contributed by atoms with E-state index in [9.17, 15) is 13.2 Å². The molecule has 148 valence electrons. The summed E-state index contributed by atoms with van der Waals surface area (Å²) < 4.78 is 29.5. The molecule has 6 heteroatoms. The molecule has 25 heavy (non-hydrogen) atoms. The first kappa shape index (κ1) is 24.1. The number of nitrogens with one attached hydrogen (secondary N) is 1. The van der Waals surface area contributed by atoms with E-state index in [1.165, 1.54) is 76.7 Å². The second kappa shape index (κ2) is 16.6. The molecule has 0 aliphatic rings. The van der Waals surface area contributed by atoms with Gasteiger partial charge in [0.05, 0.1) is 5.75 Å². The number of hydrogen-bond acceptors (Lipinski definition) is 3. The minimum absolute atomic E-state index is 0.0688. The predicted molar refractivity (Wildman–Crippen MR) is 104 cm³/mol. The van der Waals surface area contributed by atoms with Gasteiger partial charge in [-0.3, -0.25) is 9.35 Å². The Morgan fingerprint density at radius 3 is 1.84 bits per heavy atom. The molecule has 0 aliphatic heterocycles. The Labute approximate surface area is 154 Å². The third kappa shape index (κ3) is 21.1. The van der Waals surface area contributed by atoms with Crippen LogP contribution in [0.2, 0.25) is 0 Å². The standard InChI is InChI=1S/C19H37NO4S/c1-2-3-4-5-6-7-8-9-10-11-12-13-14-15-16-19(21)20-17-18-25(22,23)24/h15-16H,2-14,17-18H2,1H3,(H,20,21)(H,22,23,24)/b16-15+. The van der Waals surface area contributed by atoms with Gasteiger partial charge in [0.2, 0.25) is 5.91 Å². The molecule has 0 unspecified atom stereocenters. The van der Waals surface area contributed by atoms with Crippen LogP contribution in [0.1, 0.15) is 90.4 Å². The molecule has 0 saturated heterocycles. The maximum Gasteiger partial charge on any atom is 0.266 e. The number of carbonyl (C=O) groups is 1. The van der Waals surface area contributed by atoms with Crippen molar-refractivity contribution in [1.82, 2.24) is 5.32 Å². The summed E-state index contributed by atoms with van der Waals surface area (Å²) in [5.41, 5.74) is 0. The normalized spacial score (nSPS) is 11.9. The molecule has 1 amide bonds. The molecule has 0 bridgehead atoms. The van der Waals surface area contributed by atoms with Gasteiger partial charge in [0.15, 0.2) is 0 Å². The molecule has 0 radical (unpaired) electrons. The Balaban J connectivity index is 3.30. The quantitative estimate of drug-likeness (QED) is 0.220. The molecule has 0 rings (SSSR count). The lowest BCUT2D eigenvalue weighted by Gasteiger charge is -2.02. The summed E-state index contributed by atoms with van der Waals surface area (Å²) in [5, 5.41) is 2.42. The number of hydrogen-bond donors (Lipinski definition) is 2. The Hall–Kier alpha value is -0.880. The highest BCUT2D eigenvalue weighted by Gasteiger charge is 2.04. The average molecular weight is 376 g/mol. The smallest absolute Gasteiger partial charge is 0.266 e. The van der Waals surface area contributed by atoms with Crippen molar-refractivity contribution in [2.75, 3.05) is 12.3 Å². The van der Waals surface area contributed by atoms with Gasteiger partial charge >= 0.3 is 0 Å². The molecular formula is C19H37NO4S. The second-order valence-corrected chi connectivity index (χ2v) is 8.23. The minimum atomic E-state index is -4.01. The third-order valence-electron chi connectivity index (χ3n) is 4.15. The van der Waals surface area contributed by atoms with Gasteiger partial charge in [-0.05, 0) is 18.9 Å². The van der Waals surface area contributed by atoms with E-state index in [0.717, 1.165) is 12.8 Å². The first-order valence-electron chi connectivity index (χ1n) is 9.85. The molecule has 0 saturated carbocycles. The predicted octanol–water partition coefficient (Wildman–Crippen LogP) is 4.64. The van der Waals surface area contributed by atoms with E-state index < -0.39 is 15.9 Å². The lowest BCUT2D eigenvalue weighted by molar-refractivity contribution is -0.116. The van der Waals surface area contributed by atoms with Crippen molar-refractivity contribution in [3.8, 4) is 0 Å². The van der Waals surface area contributed by atoms with Gasteiger partial charge in [-0.2, -0.15) is 8.42 Å². The highest BCUT2D eigenvalue weighted by Crippen LogP contribution is 2.12. The summed E-state index contributed by atoms with van der Waals surface area (Å²) in [6.07, 6.45) is 19.9. The maximum atomic E-state index is 11.4. The van der Waals surface area contributed by atoms with E-state index in [-0.39, 0.29) is 12.5 Å². The third-order valence-corrected chi connectivity index (χ3v) is 4.87. The number of rotatable bonds is 17. The summed E-state index contributed by atoms with van der Waals surface area (Å²) in [4.78, 5) is 11.4. The molecule has 5 nitrogen and oxygen atoms in total. The zero-order valence-corrected chi connectivity index (χ0v) is 16.7. The Morgan fingerprint density at radius 1 is 0.880 bits per heavy atom. The Bertz CT molecular complexity index is 446. The molecule has 0 aromatic heterocycles. The Kier molecular flexibility index (Phi) is 16.0. The molecule has 0 heterocycles. The van der Waals surface area contributed by atoms with Crippen molar-refractivity contribution >= 4 is 16.0 Å². The van der Waals surface area contributed by atoms with E-state index >= 15 is 0 Å². The first-order valence-corrected chi connectivity index (χ1v) is 11.5. The van der Waals surface area contributed by atoms with E-state index in [0.29, 0.717) is 0 Å². The Morgan fingerprint density at radius 2 is 1.36 bits per heavy atom. The molecule has 0 spiro atoms. The molecule has 2 N–H and O–H groups in total. The van der Waals surface area contributed by atoms with Crippen LogP contribution in [0, 0.1) is 0 Å². The van der Waals surface area contributed by atoms with Gasteiger partial charge in [0, 0.05) is 6.54 Å². The summed E-state index contributed by atoms with van der Waals surface area (Å²) in [6, 6.07) is 0. The van der Waals surface area contributed by atoms with Crippen LogP contribution in [-0.4, -0.2) is 31.2 Å². The molecule has 0 aliphatic carbocycles. The van der Waals surface area contributed by atoms with Crippen molar-refractivity contribution in [3.63, 3.8) is 0 Å². The van der Waals surface area contributed by atoms with E-state index in [2.05, 4.69) is 12.2 Å². The van der Waals surface area contributed by atoms with Gasteiger partial charge < -0.3 is 5.32 Å². The van der Waals surface area contributed by atoms with Crippen molar-refractivity contribution in [1.29, 1.82) is 0 Å². The van der Waals surface area contributed by atoms with Gasteiger partial charge in [-0.1, -0.05) is 83.6 Å². The van der Waals surface area contributed by atoms with Gasteiger partial charge in [-0.15, -0.1) is 0 Å². The lowest BCUT2D eigenvalue weighted by Crippen LogP contribution is -2.27. The van der Waals surface area contributed by atoms with Crippen LogP contribution in [0.25, 0.3) is 0 Å². The second-order valence-electron chi connectivity index (χ2n) is 6.66. The summed E-state index contributed by atoms with van der Waals surface area (Å²) in [7, 11) is -4.01. The molecule has 0 aromatic rings. The maximum absolute atomic E-state index is 11.4. The van der Waals surface area contributed by atoms with Crippen molar-refractivity contribution in [2.24, 2.45) is 0 Å². The number of allylic oxidation sites excluding steroid dienone is 1. The number of unbranched alkanes of at least 4 members (excludes halogenated alkanes) is 12. The van der Waals surface area contributed by atoms with Gasteiger partial charge in [0.1, 0.15) is 0 Å². The summed E-state index contributed by atoms with van der Waals surface area (Å²) in [6.45, 7) is 2.18. The monoisotopic (exact) mass is 375 g/mol. The molecule has 0 aromatic carbocycles. The summed E-state index contributed by atoms with van der Waals surface area (Å²) in [5.74, 6) is -0.770. The fourth-order valence-corrected chi connectivity index (χ4v) is 3.02. The van der Waals surface area contributed by atoms with Gasteiger partial charge in [0.25, 0.3) is 10.1 Å². The topological polar surface area (TPSA) is 83.5 Å². The van der Waals surface area contributed by atoms with Crippen molar-refractivity contribution < 1.29 is 17.8 Å². The fourth-order valence-electron chi connectivity index (χ4n) is 2.66. The largest absolute Gasteiger partial charge is 0.351 e. The van der Waals surface area contributed by atoms with Crippen LogP contribution in [0.5, 0.6) is 0 Å². The zero-order chi connectivity index (χ0) is 18.8. The SMILES string of the molecule is CCCCCCCCCCCCCC/C=C/C(=O)NCCS(=O)(=O)O. The van der Waals surface area contributed by atoms with Crippen molar-refractivity contribution in [2.45, 2.75) is 90.4 Å².